The molecule has 0 aromatic heterocycles. The standard InChI is InChI=1S/C14H26N2O4/c1-14(2,3)20-13(18)16-9-7-6-8-11(16)10-12(17)15(4)19-5/h11H,6-10H2,1-5H3. The molecule has 0 aliphatic carbocycles. The van der Waals surface area contributed by atoms with Gasteiger partial charge in [0.1, 0.15) is 5.60 Å². The van der Waals surface area contributed by atoms with Crippen LogP contribution in [0.15, 0.2) is 0 Å². The number of amides is 2. The highest BCUT2D eigenvalue weighted by Crippen LogP contribution is 2.23. The molecule has 116 valence electrons. The zero-order chi connectivity index (χ0) is 15.3. The van der Waals surface area contributed by atoms with Gasteiger partial charge < -0.3 is 9.64 Å². The third kappa shape index (κ3) is 5.00. The highest BCUT2D eigenvalue weighted by Gasteiger charge is 2.32. The third-order valence-electron chi connectivity index (χ3n) is 3.29. The van der Waals surface area contributed by atoms with Crippen LogP contribution >= 0.6 is 0 Å². The third-order valence-corrected chi connectivity index (χ3v) is 3.29. The van der Waals surface area contributed by atoms with Crippen LogP contribution in [0.2, 0.25) is 0 Å². The van der Waals surface area contributed by atoms with Crippen LogP contribution in [0.3, 0.4) is 0 Å². The molecule has 1 heterocycles. The summed E-state index contributed by atoms with van der Waals surface area (Å²) in [5, 5.41) is 1.20. The lowest BCUT2D eigenvalue weighted by molar-refractivity contribution is -0.170. The average molecular weight is 286 g/mol. The summed E-state index contributed by atoms with van der Waals surface area (Å²) in [6.45, 7) is 6.17. The summed E-state index contributed by atoms with van der Waals surface area (Å²) in [6, 6.07) is -0.108. The van der Waals surface area contributed by atoms with E-state index in [-0.39, 0.29) is 24.5 Å². The number of hydrogen-bond donors (Lipinski definition) is 0. The van der Waals surface area contributed by atoms with Gasteiger partial charge in [0, 0.05) is 26.1 Å². The Morgan fingerprint density at radius 2 is 1.95 bits per heavy atom. The van der Waals surface area contributed by atoms with Crippen molar-refractivity contribution >= 4 is 12.0 Å². The second-order valence-corrected chi connectivity index (χ2v) is 6.10. The molecule has 1 aliphatic heterocycles. The topological polar surface area (TPSA) is 59.1 Å². The molecule has 0 N–H and O–H groups in total. The van der Waals surface area contributed by atoms with Gasteiger partial charge in [0.15, 0.2) is 0 Å². The predicted molar refractivity (Wildman–Crippen MR) is 75.0 cm³/mol. The van der Waals surface area contributed by atoms with Crippen molar-refractivity contribution in [1.29, 1.82) is 0 Å². The van der Waals surface area contributed by atoms with E-state index < -0.39 is 5.60 Å². The largest absolute Gasteiger partial charge is 0.444 e. The molecule has 1 unspecified atom stereocenters. The first-order valence-electron chi connectivity index (χ1n) is 7.05. The SMILES string of the molecule is CON(C)C(=O)CC1CCCCN1C(=O)OC(C)(C)C. The first-order valence-corrected chi connectivity index (χ1v) is 7.05. The van der Waals surface area contributed by atoms with E-state index in [1.54, 1.807) is 11.9 Å². The van der Waals surface area contributed by atoms with Gasteiger partial charge in [0.2, 0.25) is 5.91 Å². The second-order valence-electron chi connectivity index (χ2n) is 6.10. The Bertz CT molecular complexity index is 352. The van der Waals surface area contributed by atoms with Gasteiger partial charge in [-0.25, -0.2) is 9.86 Å². The number of hydroxylamine groups is 2. The van der Waals surface area contributed by atoms with Gasteiger partial charge in [-0.3, -0.25) is 9.63 Å². The van der Waals surface area contributed by atoms with E-state index in [1.807, 2.05) is 20.8 Å². The van der Waals surface area contributed by atoms with Crippen molar-refractivity contribution in [3.05, 3.63) is 0 Å². The summed E-state index contributed by atoms with van der Waals surface area (Å²) in [5.41, 5.74) is -0.521. The molecule has 20 heavy (non-hydrogen) atoms. The Kier molecular flexibility index (Phi) is 5.80. The van der Waals surface area contributed by atoms with E-state index in [4.69, 9.17) is 9.57 Å². The lowest BCUT2D eigenvalue weighted by Crippen LogP contribution is -2.48. The van der Waals surface area contributed by atoms with Crippen molar-refractivity contribution in [3.63, 3.8) is 0 Å². The van der Waals surface area contributed by atoms with Crippen LogP contribution in [-0.2, 0) is 14.4 Å². The lowest BCUT2D eigenvalue weighted by Gasteiger charge is -2.36. The molecule has 6 nitrogen and oxygen atoms in total. The number of likely N-dealkylation sites (tertiary alicyclic amines) is 1. The number of carbonyl (C=O) groups is 2. The maximum absolute atomic E-state index is 12.2. The molecule has 0 saturated carbocycles. The number of ether oxygens (including phenoxy) is 1. The molecule has 0 radical (unpaired) electrons. The van der Waals surface area contributed by atoms with Crippen LogP contribution in [0.25, 0.3) is 0 Å². The highest BCUT2D eigenvalue weighted by molar-refractivity contribution is 5.77. The molecule has 1 atom stereocenters. The zero-order valence-corrected chi connectivity index (χ0v) is 13.1. The quantitative estimate of drug-likeness (QED) is 0.746. The molecule has 1 rings (SSSR count). The maximum atomic E-state index is 12.2. The van der Waals surface area contributed by atoms with Crippen molar-refractivity contribution in [2.45, 2.75) is 58.1 Å². The molecule has 2 amide bonds. The summed E-state index contributed by atoms with van der Waals surface area (Å²) in [4.78, 5) is 30.7. The molecule has 0 aromatic carbocycles. The van der Waals surface area contributed by atoms with Crippen LogP contribution in [0.1, 0.15) is 46.5 Å². The summed E-state index contributed by atoms with van der Waals surface area (Å²) in [6.07, 6.45) is 2.72. The summed E-state index contributed by atoms with van der Waals surface area (Å²) in [5.74, 6) is -0.132. The van der Waals surface area contributed by atoms with E-state index in [2.05, 4.69) is 0 Å². The molecule has 1 fully saturated rings. The monoisotopic (exact) mass is 286 g/mol. The molecule has 0 bridgehead atoms. The Hall–Kier alpha value is -1.30. The Morgan fingerprint density at radius 3 is 2.50 bits per heavy atom. The molecule has 1 saturated heterocycles. The number of nitrogens with zero attached hydrogens (tertiary/aromatic N) is 2. The summed E-state index contributed by atoms with van der Waals surface area (Å²) < 4.78 is 5.41. The molecular formula is C14H26N2O4. The van der Waals surface area contributed by atoms with Crippen molar-refractivity contribution in [1.82, 2.24) is 9.96 Å². The van der Waals surface area contributed by atoms with Crippen molar-refractivity contribution in [2.24, 2.45) is 0 Å². The van der Waals surface area contributed by atoms with Crippen LogP contribution in [0, 0.1) is 0 Å². The van der Waals surface area contributed by atoms with Gasteiger partial charge >= 0.3 is 6.09 Å². The van der Waals surface area contributed by atoms with Crippen LogP contribution in [-0.4, -0.2) is 54.3 Å². The van der Waals surface area contributed by atoms with E-state index in [9.17, 15) is 9.59 Å². The van der Waals surface area contributed by atoms with Gasteiger partial charge in [0.05, 0.1) is 7.11 Å². The van der Waals surface area contributed by atoms with E-state index >= 15 is 0 Å². The van der Waals surface area contributed by atoms with Gasteiger partial charge in [0.25, 0.3) is 0 Å². The molecule has 1 aliphatic rings. The van der Waals surface area contributed by atoms with E-state index in [0.29, 0.717) is 6.54 Å². The lowest BCUT2D eigenvalue weighted by atomic mass is 9.99. The van der Waals surface area contributed by atoms with Crippen molar-refractivity contribution < 1.29 is 19.2 Å². The van der Waals surface area contributed by atoms with Crippen LogP contribution in [0.4, 0.5) is 4.79 Å². The fourth-order valence-electron chi connectivity index (χ4n) is 2.21. The Labute approximate surface area is 121 Å². The second kappa shape index (κ2) is 6.92. The highest BCUT2D eigenvalue weighted by atomic mass is 16.7. The van der Waals surface area contributed by atoms with E-state index in [0.717, 1.165) is 19.3 Å². The van der Waals surface area contributed by atoms with E-state index in [1.165, 1.54) is 12.2 Å². The van der Waals surface area contributed by atoms with Gasteiger partial charge in [-0.15, -0.1) is 0 Å². The molecule has 0 aromatic rings. The fraction of sp³-hybridized carbons (Fsp3) is 0.857. The Balaban J connectivity index is 2.67. The van der Waals surface area contributed by atoms with Crippen LogP contribution < -0.4 is 0 Å². The fourth-order valence-corrected chi connectivity index (χ4v) is 2.21. The smallest absolute Gasteiger partial charge is 0.410 e. The maximum Gasteiger partial charge on any atom is 0.410 e. The average Bonchev–Trinajstić information content (AvgIpc) is 2.36. The number of hydrogen-bond acceptors (Lipinski definition) is 4. The van der Waals surface area contributed by atoms with Gasteiger partial charge in [-0.2, -0.15) is 0 Å². The summed E-state index contributed by atoms with van der Waals surface area (Å²) >= 11 is 0. The molecular weight excluding hydrogens is 260 g/mol. The minimum Gasteiger partial charge on any atom is -0.444 e. The van der Waals surface area contributed by atoms with Crippen molar-refractivity contribution in [3.8, 4) is 0 Å². The number of piperidine rings is 1. The minimum atomic E-state index is -0.521. The van der Waals surface area contributed by atoms with Crippen molar-refractivity contribution in [2.75, 3.05) is 20.7 Å². The number of carbonyl (C=O) groups excluding carboxylic acids is 2. The number of rotatable bonds is 3. The zero-order valence-electron chi connectivity index (χ0n) is 13.1. The minimum absolute atomic E-state index is 0.108. The first kappa shape index (κ1) is 16.8. The first-order chi connectivity index (χ1) is 9.24. The Morgan fingerprint density at radius 1 is 1.30 bits per heavy atom. The van der Waals surface area contributed by atoms with Gasteiger partial charge in [-0.05, 0) is 40.0 Å². The molecule has 0 spiro atoms. The molecule has 6 heteroatoms. The normalized spacial score (nSPS) is 19.6. The summed E-state index contributed by atoms with van der Waals surface area (Å²) in [7, 11) is 3.02. The predicted octanol–water partition coefficient (Wildman–Crippen LogP) is 2.19. The van der Waals surface area contributed by atoms with Gasteiger partial charge in [-0.1, -0.05) is 0 Å². The van der Waals surface area contributed by atoms with Crippen LogP contribution in [0.5, 0.6) is 0 Å².